The molecule has 3 aromatic rings. The summed E-state index contributed by atoms with van der Waals surface area (Å²) < 4.78 is 8.22. The van der Waals surface area contributed by atoms with Crippen LogP contribution < -0.4 is 0 Å². The van der Waals surface area contributed by atoms with Gasteiger partial charge in [0.25, 0.3) is 0 Å². The summed E-state index contributed by atoms with van der Waals surface area (Å²) in [6.07, 6.45) is 0. The van der Waals surface area contributed by atoms with Gasteiger partial charge in [-0.2, -0.15) is 5.26 Å². The summed E-state index contributed by atoms with van der Waals surface area (Å²) in [5.74, 6) is 1.28. The molecule has 0 aliphatic heterocycles. The summed E-state index contributed by atoms with van der Waals surface area (Å²) in [4.78, 5) is 0. The van der Waals surface area contributed by atoms with Crippen molar-refractivity contribution in [1.29, 1.82) is 5.26 Å². The zero-order valence-electron chi connectivity index (χ0n) is 12.3. The minimum atomic E-state index is -0.204. The molecule has 0 amide bonds. The van der Waals surface area contributed by atoms with Gasteiger partial charge in [-0.05, 0) is 40.5 Å². The largest absolute Gasteiger partial charge is 0.446 e. The molecule has 0 aliphatic carbocycles. The number of hydrogen-bond donors (Lipinski definition) is 0. The van der Waals surface area contributed by atoms with Gasteiger partial charge in [-0.15, -0.1) is 10.2 Å². The molecule has 0 N–H and O–H groups in total. The van der Waals surface area contributed by atoms with Crippen molar-refractivity contribution in [2.24, 2.45) is 0 Å². The summed E-state index contributed by atoms with van der Waals surface area (Å²) in [5.41, 5.74) is 1.13. The van der Waals surface area contributed by atoms with Gasteiger partial charge in [0, 0.05) is 0 Å². The molecule has 0 spiro atoms. The molecule has 2 aromatic heterocycles. The lowest BCUT2D eigenvalue weighted by Gasteiger charge is -2.09. The van der Waals surface area contributed by atoms with Crippen LogP contribution in [0.15, 0.2) is 56.7 Å². The van der Waals surface area contributed by atoms with Crippen molar-refractivity contribution < 1.29 is 4.42 Å². The number of aromatic nitrogens is 3. The van der Waals surface area contributed by atoms with Gasteiger partial charge in [-0.1, -0.05) is 42.1 Å². The molecular weight excluding hydrogens is 376 g/mol. The van der Waals surface area contributed by atoms with Crippen LogP contribution >= 0.6 is 27.7 Å². The standard InChI is InChI=1S/C16H13BrN4OS/c1-11(9-18)23-16-20-19-15(13-7-8-14(17)22-13)21(16)10-12-5-3-2-4-6-12/h2-8,11H,10H2,1H3/t11-/m0/s1. The quantitative estimate of drug-likeness (QED) is 0.607. The van der Waals surface area contributed by atoms with E-state index in [1.54, 1.807) is 0 Å². The zero-order valence-corrected chi connectivity index (χ0v) is 14.7. The molecule has 23 heavy (non-hydrogen) atoms. The fourth-order valence-electron chi connectivity index (χ4n) is 2.09. The average molecular weight is 389 g/mol. The summed E-state index contributed by atoms with van der Waals surface area (Å²) in [5, 5.41) is 18.0. The third-order valence-electron chi connectivity index (χ3n) is 3.16. The van der Waals surface area contributed by atoms with E-state index in [1.165, 1.54) is 11.8 Å². The van der Waals surface area contributed by atoms with Crippen molar-refractivity contribution in [2.45, 2.75) is 23.9 Å². The molecule has 0 unspecified atom stereocenters. The number of hydrogen-bond acceptors (Lipinski definition) is 5. The Morgan fingerprint density at radius 2 is 2.04 bits per heavy atom. The van der Waals surface area contributed by atoms with E-state index in [0.717, 1.165) is 5.56 Å². The second-order valence-corrected chi connectivity index (χ2v) is 6.96. The average Bonchev–Trinajstić information content (AvgIpc) is 3.15. The monoisotopic (exact) mass is 388 g/mol. The van der Waals surface area contributed by atoms with Crippen molar-refractivity contribution in [1.82, 2.24) is 14.8 Å². The number of benzene rings is 1. The highest BCUT2D eigenvalue weighted by Crippen LogP contribution is 2.29. The summed E-state index contributed by atoms with van der Waals surface area (Å²) >= 11 is 4.69. The first kappa shape index (κ1) is 15.8. The number of thioether (sulfide) groups is 1. The highest BCUT2D eigenvalue weighted by molar-refractivity contribution is 9.10. The summed E-state index contributed by atoms with van der Waals surface area (Å²) in [6, 6.07) is 15.9. The fraction of sp³-hybridized carbons (Fsp3) is 0.188. The predicted molar refractivity (Wildman–Crippen MR) is 91.9 cm³/mol. The van der Waals surface area contributed by atoms with Crippen LogP contribution in [0.5, 0.6) is 0 Å². The van der Waals surface area contributed by atoms with Crippen molar-refractivity contribution in [3.63, 3.8) is 0 Å². The molecule has 5 nitrogen and oxygen atoms in total. The van der Waals surface area contributed by atoms with Crippen LogP contribution in [0.3, 0.4) is 0 Å². The van der Waals surface area contributed by atoms with Crippen molar-refractivity contribution in [2.75, 3.05) is 0 Å². The predicted octanol–water partition coefficient (Wildman–Crippen LogP) is 4.35. The van der Waals surface area contributed by atoms with E-state index in [4.69, 9.17) is 9.68 Å². The Kier molecular flexibility index (Phi) is 4.84. The van der Waals surface area contributed by atoms with Gasteiger partial charge in [0.1, 0.15) is 0 Å². The van der Waals surface area contributed by atoms with E-state index in [0.29, 0.717) is 28.0 Å². The molecule has 0 aliphatic rings. The van der Waals surface area contributed by atoms with Gasteiger partial charge in [-0.25, -0.2) is 0 Å². The van der Waals surface area contributed by atoms with Crippen LogP contribution in [0.2, 0.25) is 0 Å². The molecule has 0 saturated carbocycles. The van der Waals surface area contributed by atoms with Gasteiger partial charge < -0.3 is 4.42 Å². The Morgan fingerprint density at radius 3 is 2.70 bits per heavy atom. The van der Waals surface area contributed by atoms with Gasteiger partial charge in [0.2, 0.25) is 5.82 Å². The van der Waals surface area contributed by atoms with E-state index in [-0.39, 0.29) is 5.25 Å². The molecule has 0 bridgehead atoms. The molecule has 7 heteroatoms. The maximum atomic E-state index is 9.05. The molecular formula is C16H13BrN4OS. The smallest absolute Gasteiger partial charge is 0.200 e. The Labute approximate surface area is 146 Å². The molecule has 3 rings (SSSR count). The maximum absolute atomic E-state index is 9.05. The number of furan rings is 1. The lowest BCUT2D eigenvalue weighted by Crippen LogP contribution is -2.05. The van der Waals surface area contributed by atoms with Gasteiger partial charge in [-0.3, -0.25) is 4.57 Å². The highest BCUT2D eigenvalue weighted by Gasteiger charge is 2.19. The molecule has 2 heterocycles. The van der Waals surface area contributed by atoms with Crippen LogP contribution in [0.4, 0.5) is 0 Å². The highest BCUT2D eigenvalue weighted by atomic mass is 79.9. The van der Waals surface area contributed by atoms with E-state index < -0.39 is 0 Å². The summed E-state index contributed by atoms with van der Waals surface area (Å²) in [6.45, 7) is 2.46. The lowest BCUT2D eigenvalue weighted by atomic mass is 10.2. The first-order chi connectivity index (χ1) is 11.2. The van der Waals surface area contributed by atoms with Crippen LogP contribution in [-0.2, 0) is 6.54 Å². The topological polar surface area (TPSA) is 67.6 Å². The van der Waals surface area contributed by atoms with Crippen molar-refractivity contribution in [3.05, 3.63) is 52.7 Å². The van der Waals surface area contributed by atoms with Gasteiger partial charge >= 0.3 is 0 Å². The van der Waals surface area contributed by atoms with Crippen LogP contribution in [0, 0.1) is 11.3 Å². The van der Waals surface area contributed by atoms with E-state index in [9.17, 15) is 0 Å². The number of halogens is 1. The second-order valence-electron chi connectivity index (χ2n) is 4.87. The Bertz CT molecular complexity index is 837. The third-order valence-corrected chi connectivity index (χ3v) is 4.56. The molecule has 1 aromatic carbocycles. The SMILES string of the molecule is C[C@@H](C#N)Sc1nnc(-c2ccc(Br)o2)n1Cc1ccccc1. The van der Waals surface area contributed by atoms with Crippen LogP contribution in [0.1, 0.15) is 12.5 Å². The molecule has 1 atom stereocenters. The van der Waals surface area contributed by atoms with Crippen molar-refractivity contribution in [3.8, 4) is 17.7 Å². The minimum Gasteiger partial charge on any atom is -0.446 e. The Morgan fingerprint density at radius 1 is 1.26 bits per heavy atom. The van der Waals surface area contributed by atoms with E-state index in [2.05, 4.69) is 32.2 Å². The Hall–Kier alpha value is -2.04. The van der Waals surface area contributed by atoms with E-state index in [1.807, 2.05) is 54.0 Å². The van der Waals surface area contributed by atoms with E-state index >= 15 is 0 Å². The number of nitrogens with zero attached hydrogens (tertiary/aromatic N) is 4. The van der Waals surface area contributed by atoms with Crippen LogP contribution in [0.25, 0.3) is 11.6 Å². The zero-order chi connectivity index (χ0) is 16.2. The second kappa shape index (κ2) is 7.02. The third kappa shape index (κ3) is 3.66. The summed E-state index contributed by atoms with van der Waals surface area (Å²) in [7, 11) is 0. The number of rotatable bonds is 5. The van der Waals surface area contributed by atoms with Crippen LogP contribution in [-0.4, -0.2) is 20.0 Å². The first-order valence-corrected chi connectivity index (χ1v) is 8.63. The molecule has 116 valence electrons. The lowest BCUT2D eigenvalue weighted by molar-refractivity contribution is 0.545. The minimum absolute atomic E-state index is 0.204. The number of nitriles is 1. The maximum Gasteiger partial charge on any atom is 0.200 e. The van der Waals surface area contributed by atoms with Gasteiger partial charge in [0.05, 0.1) is 17.9 Å². The fourth-order valence-corrected chi connectivity index (χ4v) is 3.13. The molecule has 0 radical (unpaired) electrons. The van der Waals surface area contributed by atoms with Crippen molar-refractivity contribution >= 4 is 27.7 Å². The first-order valence-electron chi connectivity index (χ1n) is 6.96. The van der Waals surface area contributed by atoms with Gasteiger partial charge in [0.15, 0.2) is 15.6 Å². The molecule has 0 fully saturated rings. The molecule has 0 saturated heterocycles. The normalized spacial score (nSPS) is 12.0. The Balaban J connectivity index is 2.01.